The van der Waals surface area contributed by atoms with Crippen LogP contribution < -0.4 is 15.5 Å². The van der Waals surface area contributed by atoms with E-state index in [1.807, 2.05) is 44.2 Å². The number of carbonyl (C=O) groups is 2. The van der Waals surface area contributed by atoms with Gasteiger partial charge in [0.15, 0.2) is 5.82 Å². The van der Waals surface area contributed by atoms with Crippen molar-refractivity contribution in [2.24, 2.45) is 0 Å². The van der Waals surface area contributed by atoms with Crippen LogP contribution in [0.3, 0.4) is 0 Å². The highest BCUT2D eigenvalue weighted by Gasteiger charge is 2.38. The fourth-order valence-corrected chi connectivity index (χ4v) is 2.83. The van der Waals surface area contributed by atoms with Crippen molar-refractivity contribution in [3.63, 3.8) is 0 Å². The number of amides is 1. The number of nitrogens with zero attached hydrogens (tertiary/aromatic N) is 3. The molecule has 2 unspecified atom stereocenters. The maximum Gasteiger partial charge on any atom is 0.490 e. The minimum Gasteiger partial charge on any atom is -0.475 e. The summed E-state index contributed by atoms with van der Waals surface area (Å²) < 4.78 is 36.9. The molecular weight excluding hydrogens is 419 g/mol. The van der Waals surface area contributed by atoms with Crippen LogP contribution in [0.25, 0.3) is 0 Å². The van der Waals surface area contributed by atoms with Crippen molar-refractivity contribution in [1.82, 2.24) is 20.8 Å². The van der Waals surface area contributed by atoms with Crippen LogP contribution in [0, 0.1) is 0 Å². The van der Waals surface area contributed by atoms with E-state index in [1.54, 1.807) is 0 Å². The monoisotopic (exact) mass is 443 g/mol. The zero-order valence-electron chi connectivity index (χ0n) is 17.0. The normalized spacial score (nSPS) is 17.3. The van der Waals surface area contributed by atoms with E-state index in [2.05, 4.69) is 25.7 Å². The predicted octanol–water partition coefficient (Wildman–Crippen LogP) is 1.92. The summed E-state index contributed by atoms with van der Waals surface area (Å²) in [5.41, 5.74) is 1.05. The highest BCUT2D eigenvalue weighted by Crippen LogP contribution is 2.19. The zero-order valence-corrected chi connectivity index (χ0v) is 17.0. The summed E-state index contributed by atoms with van der Waals surface area (Å²) in [6.07, 6.45) is -4.38. The maximum atomic E-state index is 12.8. The number of carbonyl (C=O) groups excluding carboxylic acids is 1. The lowest BCUT2D eigenvalue weighted by Gasteiger charge is -2.37. The number of hydrogen-bond donors (Lipinski definition) is 3. The van der Waals surface area contributed by atoms with Crippen molar-refractivity contribution in [3.8, 4) is 0 Å². The first-order valence-corrected chi connectivity index (χ1v) is 9.58. The molecule has 9 nitrogen and oxygen atoms in total. The summed E-state index contributed by atoms with van der Waals surface area (Å²) in [5, 5.41) is 17.3. The van der Waals surface area contributed by atoms with Gasteiger partial charge in [0.25, 0.3) is 0 Å². The number of aryl methyl sites for hydroxylation is 1. The number of para-hydroxylation sites is 1. The van der Waals surface area contributed by atoms with Crippen LogP contribution >= 0.6 is 0 Å². The molecule has 2 aromatic rings. The third-order valence-corrected chi connectivity index (χ3v) is 4.41. The highest BCUT2D eigenvalue weighted by molar-refractivity contribution is 5.86. The minimum absolute atomic E-state index is 0.0465. The molecule has 1 amide bonds. The van der Waals surface area contributed by atoms with Gasteiger partial charge >= 0.3 is 12.1 Å². The molecule has 3 N–H and O–H groups in total. The molecule has 3 rings (SSSR count). The number of aliphatic carboxylic acids is 1. The van der Waals surface area contributed by atoms with Crippen LogP contribution in [0.1, 0.15) is 31.6 Å². The fourth-order valence-electron chi connectivity index (χ4n) is 2.83. The number of carboxylic acid groups (broad SMARTS) is 1. The Labute approximate surface area is 176 Å². The molecule has 12 heteroatoms. The van der Waals surface area contributed by atoms with Gasteiger partial charge in [0, 0.05) is 31.7 Å². The van der Waals surface area contributed by atoms with E-state index >= 15 is 0 Å². The lowest BCUT2D eigenvalue weighted by molar-refractivity contribution is -0.192. The van der Waals surface area contributed by atoms with E-state index < -0.39 is 12.1 Å². The second kappa shape index (κ2) is 10.8. The van der Waals surface area contributed by atoms with E-state index in [9.17, 15) is 18.0 Å². The number of carboxylic acids is 1. The van der Waals surface area contributed by atoms with Gasteiger partial charge in [-0.25, -0.2) is 4.79 Å². The predicted molar refractivity (Wildman–Crippen MR) is 104 cm³/mol. The first-order valence-electron chi connectivity index (χ1n) is 9.58. The Morgan fingerprint density at radius 2 is 2.00 bits per heavy atom. The molecule has 0 spiro atoms. The number of aromatic nitrogens is 2. The standard InChI is InChI=1S/C17H23N5O2.C2HF3O2/c1-3-15-20-17(24-21-15)12(2)19-16(23)14-11-18-9-10-22(14)13-7-5-4-6-8-13;3-2(4,5)1(6)7/h4-8,12,14,18H,3,9-11H2,1-2H3,(H,19,23);(H,6,7). The molecule has 1 aliphatic heterocycles. The molecule has 0 saturated carbocycles. The Morgan fingerprint density at radius 3 is 2.55 bits per heavy atom. The summed E-state index contributed by atoms with van der Waals surface area (Å²) in [6, 6.07) is 9.42. The zero-order chi connectivity index (χ0) is 23.0. The van der Waals surface area contributed by atoms with Gasteiger partial charge in [-0.05, 0) is 19.1 Å². The van der Waals surface area contributed by atoms with E-state index in [4.69, 9.17) is 14.4 Å². The maximum absolute atomic E-state index is 12.8. The third-order valence-electron chi connectivity index (χ3n) is 4.41. The quantitative estimate of drug-likeness (QED) is 0.641. The second-order valence-corrected chi connectivity index (χ2v) is 6.68. The number of nitrogens with one attached hydrogen (secondary N) is 2. The Kier molecular flexibility index (Phi) is 8.37. The second-order valence-electron chi connectivity index (χ2n) is 6.68. The molecule has 31 heavy (non-hydrogen) atoms. The van der Waals surface area contributed by atoms with Crippen LogP contribution in [-0.4, -0.2) is 59.0 Å². The van der Waals surface area contributed by atoms with Gasteiger partial charge in [0.05, 0.1) is 0 Å². The number of halogens is 3. The molecule has 170 valence electrons. The summed E-state index contributed by atoms with van der Waals surface area (Å²) in [5.74, 6) is -1.71. The summed E-state index contributed by atoms with van der Waals surface area (Å²) in [7, 11) is 0. The van der Waals surface area contributed by atoms with Crippen molar-refractivity contribution in [3.05, 3.63) is 42.0 Å². The van der Waals surface area contributed by atoms with Crippen molar-refractivity contribution in [2.75, 3.05) is 24.5 Å². The smallest absolute Gasteiger partial charge is 0.475 e. The Morgan fingerprint density at radius 1 is 1.35 bits per heavy atom. The van der Waals surface area contributed by atoms with Crippen LogP contribution in [0.5, 0.6) is 0 Å². The molecule has 2 atom stereocenters. The average Bonchev–Trinajstić information content (AvgIpc) is 3.24. The molecule has 1 fully saturated rings. The number of rotatable bonds is 5. The number of alkyl halides is 3. The largest absolute Gasteiger partial charge is 0.490 e. The van der Waals surface area contributed by atoms with Gasteiger partial charge in [0.2, 0.25) is 11.8 Å². The topological polar surface area (TPSA) is 121 Å². The van der Waals surface area contributed by atoms with Gasteiger partial charge < -0.3 is 25.2 Å². The van der Waals surface area contributed by atoms with E-state index in [0.29, 0.717) is 24.7 Å². The summed E-state index contributed by atoms with van der Waals surface area (Å²) >= 11 is 0. The minimum atomic E-state index is -5.08. The van der Waals surface area contributed by atoms with Crippen molar-refractivity contribution in [2.45, 2.75) is 38.5 Å². The molecule has 0 aliphatic carbocycles. The van der Waals surface area contributed by atoms with Crippen LogP contribution in [0.2, 0.25) is 0 Å². The molecule has 1 aliphatic rings. The van der Waals surface area contributed by atoms with Crippen LogP contribution in [0.15, 0.2) is 34.9 Å². The van der Waals surface area contributed by atoms with Crippen molar-refractivity contribution in [1.29, 1.82) is 0 Å². The van der Waals surface area contributed by atoms with Crippen LogP contribution in [0.4, 0.5) is 18.9 Å². The molecule has 1 saturated heterocycles. The molecule has 0 bridgehead atoms. The first-order chi connectivity index (χ1) is 14.6. The Hall–Kier alpha value is -3.15. The van der Waals surface area contributed by atoms with Crippen molar-refractivity contribution >= 4 is 17.6 Å². The van der Waals surface area contributed by atoms with E-state index in [-0.39, 0.29) is 18.0 Å². The van der Waals surface area contributed by atoms with Gasteiger partial charge in [0.1, 0.15) is 12.1 Å². The Balaban J connectivity index is 0.000000423. The fraction of sp³-hybridized carbons (Fsp3) is 0.474. The number of piperazine rings is 1. The molecule has 2 heterocycles. The van der Waals surface area contributed by atoms with Crippen molar-refractivity contribution < 1.29 is 32.4 Å². The van der Waals surface area contributed by atoms with Crippen LogP contribution in [-0.2, 0) is 16.0 Å². The number of hydrogen-bond acceptors (Lipinski definition) is 7. The van der Waals surface area contributed by atoms with Gasteiger partial charge in [-0.3, -0.25) is 4.79 Å². The lowest BCUT2D eigenvalue weighted by atomic mass is 10.1. The van der Waals surface area contributed by atoms with E-state index in [1.165, 1.54) is 0 Å². The highest BCUT2D eigenvalue weighted by atomic mass is 19.4. The van der Waals surface area contributed by atoms with Gasteiger partial charge in [-0.2, -0.15) is 18.2 Å². The van der Waals surface area contributed by atoms with E-state index in [0.717, 1.165) is 18.8 Å². The van der Waals surface area contributed by atoms with Gasteiger partial charge in [-0.15, -0.1) is 0 Å². The van der Waals surface area contributed by atoms with Gasteiger partial charge in [-0.1, -0.05) is 30.3 Å². The summed E-state index contributed by atoms with van der Waals surface area (Å²) in [6.45, 7) is 6.07. The Bertz CT molecular complexity index is 860. The summed E-state index contributed by atoms with van der Waals surface area (Å²) in [4.78, 5) is 28.1. The first kappa shape index (κ1) is 24.1. The third kappa shape index (κ3) is 6.95. The molecule has 1 aromatic carbocycles. The SMILES string of the molecule is CCc1noc(C(C)NC(=O)C2CNCCN2c2ccccc2)n1.O=C(O)C(F)(F)F. The average molecular weight is 443 g/mol. The molecular formula is C19H24F3N5O4. The molecule has 0 radical (unpaired) electrons. The lowest BCUT2D eigenvalue weighted by Crippen LogP contribution is -2.58. The number of benzene rings is 1. The number of anilines is 1. The molecule has 1 aromatic heterocycles.